The van der Waals surface area contributed by atoms with Crippen LogP contribution in [-0.2, 0) is 14.3 Å². The fourth-order valence-corrected chi connectivity index (χ4v) is 2.29. The van der Waals surface area contributed by atoms with Gasteiger partial charge >= 0.3 is 0 Å². The molecule has 0 bridgehead atoms. The third-order valence-electron chi connectivity index (χ3n) is 3.67. The molecule has 0 fully saturated rings. The highest BCUT2D eigenvalue weighted by Gasteiger charge is 2.38. The van der Waals surface area contributed by atoms with Crippen LogP contribution in [0.1, 0.15) is 23.1 Å². The number of nitrogens with zero attached hydrogens (tertiary/aromatic N) is 1. The number of rotatable bonds is 5. The third-order valence-corrected chi connectivity index (χ3v) is 3.67. The Hall–Kier alpha value is -2.14. The van der Waals surface area contributed by atoms with Crippen molar-refractivity contribution in [2.45, 2.75) is 20.3 Å². The predicted octanol–water partition coefficient (Wildman–Crippen LogP) is 1.98. The summed E-state index contributed by atoms with van der Waals surface area (Å²) < 4.78 is 4.91. The quantitative estimate of drug-likeness (QED) is 0.665. The van der Waals surface area contributed by atoms with E-state index in [1.165, 1.54) is 0 Å². The summed E-state index contributed by atoms with van der Waals surface area (Å²) in [6.07, 6.45) is 0.543. The van der Waals surface area contributed by atoms with Crippen molar-refractivity contribution in [2.24, 2.45) is 0 Å². The molecule has 1 aliphatic heterocycles. The topological polar surface area (TPSA) is 66.8 Å². The normalized spacial score (nSPS) is 15.3. The van der Waals surface area contributed by atoms with E-state index in [0.29, 0.717) is 18.6 Å². The molecule has 0 saturated carbocycles. The van der Waals surface area contributed by atoms with Crippen molar-refractivity contribution in [1.29, 1.82) is 0 Å². The monoisotopic (exact) mass is 289 g/mol. The Morgan fingerprint density at radius 3 is 2.48 bits per heavy atom. The van der Waals surface area contributed by atoms with E-state index in [9.17, 15) is 14.7 Å². The first-order valence-corrected chi connectivity index (χ1v) is 6.83. The van der Waals surface area contributed by atoms with Gasteiger partial charge in [-0.15, -0.1) is 0 Å². The van der Waals surface area contributed by atoms with Gasteiger partial charge in [0.15, 0.2) is 5.76 Å². The van der Waals surface area contributed by atoms with Gasteiger partial charge in [0.1, 0.15) is 0 Å². The van der Waals surface area contributed by atoms with E-state index in [0.717, 1.165) is 16.0 Å². The highest BCUT2D eigenvalue weighted by atomic mass is 16.5. The van der Waals surface area contributed by atoms with Crippen LogP contribution in [0.2, 0.25) is 0 Å². The first-order chi connectivity index (χ1) is 9.97. The Morgan fingerprint density at radius 2 is 1.86 bits per heavy atom. The van der Waals surface area contributed by atoms with Crippen molar-refractivity contribution >= 4 is 17.4 Å². The fourth-order valence-electron chi connectivity index (χ4n) is 2.29. The van der Waals surface area contributed by atoms with Crippen LogP contribution in [-0.4, -0.2) is 42.1 Å². The van der Waals surface area contributed by atoms with E-state index < -0.39 is 17.6 Å². The zero-order chi connectivity index (χ0) is 15.6. The van der Waals surface area contributed by atoms with Gasteiger partial charge in [0.2, 0.25) is 0 Å². The highest BCUT2D eigenvalue weighted by molar-refractivity contribution is 6.34. The number of imide groups is 1. The Bertz CT molecular complexity index is 619. The number of benzene rings is 1. The molecule has 0 unspecified atom stereocenters. The number of hydrogen-bond donors (Lipinski definition) is 1. The molecule has 112 valence electrons. The summed E-state index contributed by atoms with van der Waals surface area (Å²) in [4.78, 5) is 25.4. The molecule has 5 nitrogen and oxygen atoms in total. The first kappa shape index (κ1) is 15.3. The van der Waals surface area contributed by atoms with Crippen LogP contribution in [0, 0.1) is 13.8 Å². The maximum Gasteiger partial charge on any atom is 0.296 e. The molecule has 1 heterocycles. The lowest BCUT2D eigenvalue weighted by molar-refractivity contribution is -0.138. The van der Waals surface area contributed by atoms with Crippen molar-refractivity contribution in [3.63, 3.8) is 0 Å². The maximum absolute atomic E-state index is 12.4. The number of carbonyl (C=O) groups is 2. The summed E-state index contributed by atoms with van der Waals surface area (Å²) in [7, 11) is 1.56. The molecule has 0 atom stereocenters. The highest BCUT2D eigenvalue weighted by Crippen LogP contribution is 2.29. The summed E-state index contributed by atoms with van der Waals surface area (Å²) in [5.41, 5.74) is 2.75. The predicted molar refractivity (Wildman–Crippen MR) is 78.7 cm³/mol. The lowest BCUT2D eigenvalue weighted by Crippen LogP contribution is -2.33. The Morgan fingerprint density at radius 1 is 1.14 bits per heavy atom. The van der Waals surface area contributed by atoms with Gasteiger partial charge in [0, 0.05) is 20.3 Å². The number of aliphatic hydroxyl groups excluding tert-OH is 1. The molecule has 1 aliphatic rings. The van der Waals surface area contributed by atoms with Crippen LogP contribution >= 0.6 is 0 Å². The zero-order valence-corrected chi connectivity index (χ0v) is 12.5. The standard InChI is InChI=1S/C16H19NO4/c1-10-5-6-12(9-11(10)2)13-14(18)16(20)17(15(13)19)7-4-8-21-3/h5-6,9,18H,4,7-8H2,1-3H3. The van der Waals surface area contributed by atoms with E-state index in [2.05, 4.69) is 0 Å². The van der Waals surface area contributed by atoms with Crippen molar-refractivity contribution in [2.75, 3.05) is 20.3 Å². The van der Waals surface area contributed by atoms with Crippen LogP contribution in [0.5, 0.6) is 0 Å². The van der Waals surface area contributed by atoms with Crippen molar-refractivity contribution < 1.29 is 19.4 Å². The zero-order valence-electron chi connectivity index (χ0n) is 12.5. The number of carbonyl (C=O) groups excluding carboxylic acids is 2. The van der Waals surface area contributed by atoms with Gasteiger partial charge < -0.3 is 9.84 Å². The smallest absolute Gasteiger partial charge is 0.296 e. The molecule has 0 spiro atoms. The van der Waals surface area contributed by atoms with Crippen LogP contribution in [0.4, 0.5) is 0 Å². The summed E-state index contributed by atoms with van der Waals surface area (Å²) in [6.45, 7) is 4.58. The molecule has 1 aromatic rings. The lowest BCUT2D eigenvalue weighted by atomic mass is 10.00. The van der Waals surface area contributed by atoms with Gasteiger partial charge in [-0.05, 0) is 37.0 Å². The molecular weight excluding hydrogens is 270 g/mol. The Balaban J connectivity index is 2.29. The van der Waals surface area contributed by atoms with E-state index >= 15 is 0 Å². The number of aliphatic hydroxyl groups is 1. The van der Waals surface area contributed by atoms with E-state index in [1.807, 2.05) is 26.0 Å². The molecule has 0 aliphatic carbocycles. The van der Waals surface area contributed by atoms with Gasteiger partial charge in [-0.2, -0.15) is 0 Å². The number of ether oxygens (including phenoxy) is 1. The minimum atomic E-state index is -0.635. The second-order valence-corrected chi connectivity index (χ2v) is 5.13. The average Bonchev–Trinajstić information content (AvgIpc) is 2.66. The van der Waals surface area contributed by atoms with Crippen LogP contribution in [0.15, 0.2) is 24.0 Å². The number of hydrogen-bond acceptors (Lipinski definition) is 4. The van der Waals surface area contributed by atoms with Gasteiger partial charge in [-0.1, -0.05) is 18.2 Å². The van der Waals surface area contributed by atoms with Crippen molar-refractivity contribution in [3.05, 3.63) is 40.6 Å². The SMILES string of the molecule is COCCCN1C(=O)C(O)=C(c2ccc(C)c(C)c2)C1=O. The molecule has 21 heavy (non-hydrogen) atoms. The summed E-state index contributed by atoms with van der Waals surface area (Å²) in [6, 6.07) is 5.43. The summed E-state index contributed by atoms with van der Waals surface area (Å²) >= 11 is 0. The van der Waals surface area contributed by atoms with Crippen molar-refractivity contribution in [1.82, 2.24) is 4.90 Å². The molecule has 2 rings (SSSR count). The fraction of sp³-hybridized carbons (Fsp3) is 0.375. The second kappa shape index (κ2) is 6.10. The van der Waals surface area contributed by atoms with E-state index in [-0.39, 0.29) is 12.1 Å². The second-order valence-electron chi connectivity index (χ2n) is 5.13. The molecule has 1 N–H and O–H groups in total. The van der Waals surface area contributed by atoms with Gasteiger partial charge in [-0.25, -0.2) is 0 Å². The minimum Gasteiger partial charge on any atom is -0.502 e. The van der Waals surface area contributed by atoms with Crippen molar-refractivity contribution in [3.8, 4) is 0 Å². The number of amides is 2. The van der Waals surface area contributed by atoms with Gasteiger partial charge in [0.05, 0.1) is 5.57 Å². The molecule has 0 aromatic heterocycles. The Labute approximate surface area is 123 Å². The maximum atomic E-state index is 12.4. The molecule has 5 heteroatoms. The van der Waals surface area contributed by atoms with Crippen LogP contribution in [0.25, 0.3) is 5.57 Å². The number of aryl methyl sites for hydroxylation is 2. The van der Waals surface area contributed by atoms with Gasteiger partial charge in [-0.3, -0.25) is 14.5 Å². The Kier molecular flexibility index (Phi) is 4.43. The molecule has 0 saturated heterocycles. The molecule has 2 amide bonds. The first-order valence-electron chi connectivity index (χ1n) is 6.83. The van der Waals surface area contributed by atoms with Crippen LogP contribution < -0.4 is 0 Å². The number of methoxy groups -OCH3 is 1. The largest absolute Gasteiger partial charge is 0.502 e. The minimum absolute atomic E-state index is 0.0838. The van der Waals surface area contributed by atoms with E-state index in [1.54, 1.807) is 13.2 Å². The molecular formula is C16H19NO4. The molecule has 1 aromatic carbocycles. The summed E-state index contributed by atoms with van der Waals surface area (Å²) in [5.74, 6) is -1.55. The summed E-state index contributed by atoms with van der Waals surface area (Å²) in [5, 5.41) is 10.0. The van der Waals surface area contributed by atoms with E-state index in [4.69, 9.17) is 4.74 Å². The lowest BCUT2D eigenvalue weighted by Gasteiger charge is -2.14. The molecule has 0 radical (unpaired) electrons. The van der Waals surface area contributed by atoms with Gasteiger partial charge in [0.25, 0.3) is 11.8 Å². The van der Waals surface area contributed by atoms with Crippen LogP contribution in [0.3, 0.4) is 0 Å². The third kappa shape index (κ3) is 2.83. The average molecular weight is 289 g/mol.